The quantitative estimate of drug-likeness (QED) is 0.240. The Bertz CT molecular complexity index is 1570. The van der Waals surface area contributed by atoms with E-state index in [4.69, 9.17) is 0 Å². The van der Waals surface area contributed by atoms with Gasteiger partial charge in [-0.05, 0) is 27.2 Å². The van der Waals surface area contributed by atoms with E-state index in [1.54, 1.807) is 0 Å². The van der Waals surface area contributed by atoms with Gasteiger partial charge in [0.05, 0.1) is 0 Å². The van der Waals surface area contributed by atoms with Crippen molar-refractivity contribution in [1.82, 2.24) is 4.23 Å². The van der Waals surface area contributed by atoms with Gasteiger partial charge in [-0.3, -0.25) is 0 Å². The molecule has 158 valence electrons. The molecule has 0 saturated heterocycles. The molecule has 6 aromatic rings. The van der Waals surface area contributed by atoms with E-state index < -0.39 is 8.24 Å². The Morgan fingerprint density at radius 3 is 1.73 bits per heavy atom. The topological polar surface area (TPSA) is 4.93 Å². The molecule has 0 spiro atoms. The van der Waals surface area contributed by atoms with Crippen LogP contribution >= 0.6 is 0 Å². The number of fused-ring (bicyclic) bond motifs is 5. The minimum Gasteiger partial charge on any atom is -0.358 e. The second-order valence-electron chi connectivity index (χ2n) is 8.54. The fraction of sp³-hybridized carbons (Fsp3) is 0. The van der Waals surface area contributed by atoms with Gasteiger partial charge in [0.2, 0.25) is 0 Å². The maximum Gasteiger partial charge on any atom is 0.258 e. The van der Waals surface area contributed by atoms with Crippen LogP contribution in [-0.2, 0) is 0 Å². The largest absolute Gasteiger partial charge is 0.358 e. The molecule has 1 aliphatic heterocycles. The lowest BCUT2D eigenvalue weighted by molar-refractivity contribution is 1.29. The molecule has 0 radical (unpaired) electrons. The summed E-state index contributed by atoms with van der Waals surface area (Å²) in [6.07, 6.45) is 0. The summed E-state index contributed by atoms with van der Waals surface area (Å²) in [5.41, 5.74) is 5.40. The highest BCUT2D eigenvalue weighted by molar-refractivity contribution is 7.12. The molecule has 5 aromatic carbocycles. The number of aromatic nitrogens is 1. The molecule has 0 bridgehead atoms. The maximum absolute atomic E-state index is 2.74. The van der Waals surface area contributed by atoms with Gasteiger partial charge >= 0.3 is 0 Å². The van der Waals surface area contributed by atoms with Crippen molar-refractivity contribution >= 4 is 45.6 Å². The van der Waals surface area contributed by atoms with E-state index in [2.05, 4.69) is 132 Å². The molecule has 33 heavy (non-hydrogen) atoms. The lowest BCUT2D eigenvalue weighted by atomic mass is 10.0. The summed E-state index contributed by atoms with van der Waals surface area (Å²) >= 11 is 0. The first-order valence-electron chi connectivity index (χ1n) is 11.1. The van der Waals surface area contributed by atoms with Crippen molar-refractivity contribution in [3.05, 3.63) is 135 Å². The number of benzene rings is 5. The number of para-hydroxylation sites is 2. The summed E-state index contributed by atoms with van der Waals surface area (Å²) in [5, 5.41) is 6.96. The van der Waals surface area contributed by atoms with Crippen molar-refractivity contribution in [3.63, 3.8) is 0 Å². The molecule has 1 aromatic heterocycles. The molecule has 0 fully saturated rings. The fourth-order valence-corrected chi connectivity index (χ4v) is 11.0. The van der Waals surface area contributed by atoms with Gasteiger partial charge in [0.25, 0.3) is 8.24 Å². The van der Waals surface area contributed by atoms with Gasteiger partial charge in [-0.1, -0.05) is 121 Å². The van der Waals surface area contributed by atoms with E-state index in [0.29, 0.717) is 0 Å². The Morgan fingerprint density at radius 1 is 0.455 bits per heavy atom. The Labute approximate surface area is 195 Å². The first-order chi connectivity index (χ1) is 15.9. The Kier molecular flexibility index (Phi) is 4.39. The first kappa shape index (κ1) is 19.8. The minimum absolute atomic E-state index is 0. The summed E-state index contributed by atoms with van der Waals surface area (Å²) in [5.74, 6) is 0. The molecule has 7 rings (SSSR count). The summed E-state index contributed by atoms with van der Waals surface area (Å²) < 4.78 is 2.74. The predicted molar refractivity (Wildman–Crippen MR) is 144 cm³/mol. The van der Waals surface area contributed by atoms with Gasteiger partial charge in [-0.15, -0.1) is 0 Å². The van der Waals surface area contributed by atoms with Crippen LogP contribution in [0.5, 0.6) is 0 Å². The molecule has 0 N–H and O–H groups in total. The van der Waals surface area contributed by atoms with Gasteiger partial charge in [0.1, 0.15) is 0 Å². The molecule has 0 saturated carbocycles. The van der Waals surface area contributed by atoms with Gasteiger partial charge < -0.3 is 11.7 Å². The third-order valence-corrected chi connectivity index (χ3v) is 11.7. The molecule has 2 heterocycles. The summed E-state index contributed by atoms with van der Waals surface area (Å²) in [7, 11) is -2.60. The van der Waals surface area contributed by atoms with E-state index >= 15 is 0 Å². The van der Waals surface area contributed by atoms with E-state index in [9.17, 15) is 0 Å². The molecule has 2 heteroatoms. The average Bonchev–Trinajstić information content (AvgIpc) is 3.22. The van der Waals surface area contributed by atoms with Crippen LogP contribution in [0.25, 0.3) is 32.9 Å². The fourth-order valence-electron chi connectivity index (χ4n) is 5.83. The third-order valence-electron chi connectivity index (χ3n) is 7.02. The average molecular weight is 439 g/mol. The SMILES string of the molecule is [CH3-].c1ccc([Si]2(c3ccccc3)c3ccccc3-c3cccc4c5ccccc5n2c34)cc1. The normalized spacial score (nSPS) is 13.5. The highest BCUT2D eigenvalue weighted by Gasteiger charge is 2.48. The van der Waals surface area contributed by atoms with Crippen molar-refractivity contribution < 1.29 is 0 Å². The molecule has 1 nitrogen and oxygen atoms in total. The smallest absolute Gasteiger partial charge is 0.258 e. The highest BCUT2D eigenvalue weighted by atomic mass is 28.3. The van der Waals surface area contributed by atoms with E-state index in [-0.39, 0.29) is 7.43 Å². The van der Waals surface area contributed by atoms with Crippen LogP contribution in [0.15, 0.2) is 127 Å². The Morgan fingerprint density at radius 2 is 1.00 bits per heavy atom. The van der Waals surface area contributed by atoms with Crippen LogP contribution in [0.2, 0.25) is 0 Å². The lowest BCUT2D eigenvalue weighted by Crippen LogP contribution is -2.73. The van der Waals surface area contributed by atoms with Crippen molar-refractivity contribution in [2.24, 2.45) is 0 Å². The third kappa shape index (κ3) is 2.47. The van der Waals surface area contributed by atoms with E-state index in [1.165, 1.54) is 48.5 Å². The van der Waals surface area contributed by atoms with E-state index in [1.807, 2.05) is 0 Å². The summed E-state index contributed by atoms with van der Waals surface area (Å²) in [4.78, 5) is 0. The van der Waals surface area contributed by atoms with Crippen molar-refractivity contribution in [2.45, 2.75) is 0 Å². The summed E-state index contributed by atoms with van der Waals surface area (Å²) in [6, 6.07) is 47.2. The van der Waals surface area contributed by atoms with Gasteiger partial charge in [0.15, 0.2) is 0 Å². The van der Waals surface area contributed by atoms with Crippen LogP contribution in [-0.4, -0.2) is 12.5 Å². The van der Waals surface area contributed by atoms with Crippen molar-refractivity contribution in [1.29, 1.82) is 0 Å². The molecule has 0 unspecified atom stereocenters. The zero-order valence-electron chi connectivity index (χ0n) is 18.6. The molecular formula is C31H24NSi-. The van der Waals surface area contributed by atoms with E-state index in [0.717, 1.165) is 0 Å². The zero-order valence-corrected chi connectivity index (χ0v) is 19.6. The van der Waals surface area contributed by atoms with Gasteiger partial charge in [-0.25, -0.2) is 0 Å². The number of rotatable bonds is 2. The Hall–Kier alpha value is -3.88. The van der Waals surface area contributed by atoms with Crippen LogP contribution in [0.4, 0.5) is 0 Å². The van der Waals surface area contributed by atoms with Crippen LogP contribution in [0, 0.1) is 7.43 Å². The standard InChI is InChI=1S/C30H21NSi.CH3/c1-3-12-22(13-4-1)32(23-14-5-2-6-15-23)29-21-10-8-17-25(29)27-19-11-18-26-24-16-7-9-20-28(24)31(32)30(26)27;/h1-21H;1H3/q;-1. The Balaban J connectivity index is 0.00000206. The van der Waals surface area contributed by atoms with Crippen molar-refractivity contribution in [3.8, 4) is 11.1 Å². The van der Waals surface area contributed by atoms with Crippen molar-refractivity contribution in [2.75, 3.05) is 0 Å². The second-order valence-corrected chi connectivity index (χ2v) is 12.1. The molecular weight excluding hydrogens is 414 g/mol. The lowest BCUT2D eigenvalue weighted by Gasteiger charge is -2.40. The summed E-state index contributed by atoms with van der Waals surface area (Å²) in [6.45, 7) is 0. The molecule has 0 amide bonds. The van der Waals surface area contributed by atoms with Crippen LogP contribution < -0.4 is 15.6 Å². The predicted octanol–water partition coefficient (Wildman–Crippen LogP) is 5.74. The molecule has 0 aliphatic carbocycles. The number of hydrogen-bond donors (Lipinski definition) is 0. The van der Waals surface area contributed by atoms with Crippen LogP contribution in [0.3, 0.4) is 0 Å². The van der Waals surface area contributed by atoms with Crippen LogP contribution in [0.1, 0.15) is 0 Å². The molecule has 1 aliphatic rings. The zero-order chi connectivity index (χ0) is 21.1. The maximum atomic E-state index is 2.74. The first-order valence-corrected chi connectivity index (χ1v) is 13.1. The highest BCUT2D eigenvalue weighted by Crippen LogP contribution is 2.41. The number of hydrogen-bond acceptors (Lipinski definition) is 0. The second kappa shape index (κ2) is 7.33. The molecule has 0 atom stereocenters. The van der Waals surface area contributed by atoms with Gasteiger partial charge in [0, 0.05) is 27.4 Å². The monoisotopic (exact) mass is 438 g/mol. The minimum atomic E-state index is -2.60. The number of nitrogens with zero attached hydrogens (tertiary/aromatic N) is 1. The van der Waals surface area contributed by atoms with Gasteiger partial charge in [-0.2, -0.15) is 0 Å².